The van der Waals surface area contributed by atoms with E-state index in [1.54, 1.807) is 23.7 Å². The van der Waals surface area contributed by atoms with Crippen LogP contribution in [0.4, 0.5) is 0 Å². The van der Waals surface area contributed by atoms with Crippen molar-refractivity contribution in [2.24, 2.45) is 0 Å². The van der Waals surface area contributed by atoms with Crippen molar-refractivity contribution in [2.45, 2.75) is 26.4 Å². The fourth-order valence-electron chi connectivity index (χ4n) is 1.15. The van der Waals surface area contributed by atoms with E-state index in [1.165, 1.54) is 0 Å². The highest BCUT2D eigenvalue weighted by atomic mass is 32.1. The van der Waals surface area contributed by atoms with Crippen LogP contribution in [0.15, 0.2) is 18.5 Å². The molecule has 0 fully saturated rings. The van der Waals surface area contributed by atoms with E-state index in [0.29, 0.717) is 6.04 Å². The maximum absolute atomic E-state index is 4.13. The lowest BCUT2D eigenvalue weighted by Crippen LogP contribution is -2.21. The summed E-state index contributed by atoms with van der Waals surface area (Å²) < 4.78 is 0. The Morgan fingerprint density at radius 3 is 2.88 bits per heavy atom. The Hall–Kier alpha value is -1.40. The van der Waals surface area contributed by atoms with Gasteiger partial charge in [-0.15, -0.1) is 10.2 Å². The second kappa shape index (κ2) is 5.09. The smallest absolute Gasteiger partial charge is 0.149 e. The number of aromatic nitrogens is 4. The molecule has 5 nitrogen and oxygen atoms in total. The van der Waals surface area contributed by atoms with Crippen LogP contribution in [-0.4, -0.2) is 26.4 Å². The molecule has 0 radical (unpaired) electrons. The Bertz CT molecular complexity index is 439. The second-order valence-corrected chi connectivity index (χ2v) is 4.73. The normalized spacial score (nSPS) is 10.9. The Morgan fingerprint density at radius 1 is 1.31 bits per heavy atom. The SMILES string of the molecule is CC(C)NCc1nnc(-c2ccnnc2)s1. The van der Waals surface area contributed by atoms with E-state index in [2.05, 4.69) is 39.6 Å². The minimum absolute atomic E-state index is 0.454. The third-order valence-electron chi connectivity index (χ3n) is 1.96. The highest BCUT2D eigenvalue weighted by Crippen LogP contribution is 2.21. The van der Waals surface area contributed by atoms with Crippen molar-refractivity contribution in [3.8, 4) is 10.6 Å². The summed E-state index contributed by atoms with van der Waals surface area (Å²) in [4.78, 5) is 0. The standard InChI is InChI=1S/C10H13N5S/c1-7(2)11-6-9-14-15-10(16-9)8-3-4-12-13-5-8/h3-5,7,11H,6H2,1-2H3. The Balaban J connectivity index is 2.08. The number of nitrogens with zero attached hydrogens (tertiary/aromatic N) is 4. The summed E-state index contributed by atoms with van der Waals surface area (Å²) in [5, 5.41) is 21.0. The molecular weight excluding hydrogens is 222 g/mol. The molecular formula is C10H13N5S. The van der Waals surface area contributed by atoms with E-state index in [-0.39, 0.29) is 0 Å². The first-order chi connectivity index (χ1) is 7.75. The van der Waals surface area contributed by atoms with Gasteiger partial charge in [-0.2, -0.15) is 10.2 Å². The van der Waals surface area contributed by atoms with E-state index in [0.717, 1.165) is 22.1 Å². The van der Waals surface area contributed by atoms with Crippen LogP contribution < -0.4 is 5.32 Å². The molecule has 1 N–H and O–H groups in total. The van der Waals surface area contributed by atoms with E-state index in [1.807, 2.05) is 6.07 Å². The molecule has 84 valence electrons. The number of hydrogen-bond acceptors (Lipinski definition) is 6. The number of rotatable bonds is 4. The molecule has 0 spiro atoms. The van der Waals surface area contributed by atoms with Crippen LogP contribution in [0.1, 0.15) is 18.9 Å². The minimum Gasteiger partial charge on any atom is -0.308 e. The molecule has 0 unspecified atom stereocenters. The van der Waals surface area contributed by atoms with Gasteiger partial charge in [-0.05, 0) is 6.07 Å². The Morgan fingerprint density at radius 2 is 2.19 bits per heavy atom. The minimum atomic E-state index is 0.454. The van der Waals surface area contributed by atoms with Crippen molar-refractivity contribution in [3.63, 3.8) is 0 Å². The van der Waals surface area contributed by atoms with Crippen LogP contribution in [0, 0.1) is 0 Å². The fourth-order valence-corrected chi connectivity index (χ4v) is 1.93. The Kier molecular flexibility index (Phi) is 3.53. The molecule has 0 aliphatic heterocycles. The van der Waals surface area contributed by atoms with E-state index in [4.69, 9.17) is 0 Å². The van der Waals surface area contributed by atoms with Crippen LogP contribution in [0.5, 0.6) is 0 Å². The molecule has 0 saturated heterocycles. The monoisotopic (exact) mass is 235 g/mol. The van der Waals surface area contributed by atoms with Crippen LogP contribution in [-0.2, 0) is 6.54 Å². The summed E-state index contributed by atoms with van der Waals surface area (Å²) in [7, 11) is 0. The van der Waals surface area contributed by atoms with Crippen molar-refractivity contribution in [2.75, 3.05) is 0 Å². The van der Waals surface area contributed by atoms with Crippen molar-refractivity contribution in [3.05, 3.63) is 23.5 Å². The van der Waals surface area contributed by atoms with Crippen LogP contribution in [0.25, 0.3) is 10.6 Å². The molecule has 0 aromatic carbocycles. The molecule has 0 amide bonds. The molecule has 0 aliphatic rings. The van der Waals surface area contributed by atoms with Crippen molar-refractivity contribution in [1.29, 1.82) is 0 Å². The van der Waals surface area contributed by atoms with Gasteiger partial charge in [-0.25, -0.2) is 0 Å². The largest absolute Gasteiger partial charge is 0.308 e. The molecule has 16 heavy (non-hydrogen) atoms. The lowest BCUT2D eigenvalue weighted by Gasteiger charge is -2.03. The number of hydrogen-bond donors (Lipinski definition) is 1. The summed E-state index contributed by atoms with van der Waals surface area (Å²) in [5.41, 5.74) is 0.961. The zero-order valence-corrected chi connectivity index (χ0v) is 10.0. The van der Waals surface area contributed by atoms with Gasteiger partial charge in [0.1, 0.15) is 10.0 Å². The summed E-state index contributed by atoms with van der Waals surface area (Å²) >= 11 is 1.58. The summed E-state index contributed by atoms with van der Waals surface area (Å²) in [6.45, 7) is 4.97. The quantitative estimate of drug-likeness (QED) is 0.870. The van der Waals surface area contributed by atoms with E-state index in [9.17, 15) is 0 Å². The lowest BCUT2D eigenvalue weighted by atomic mass is 10.3. The third kappa shape index (κ3) is 2.80. The van der Waals surface area contributed by atoms with E-state index >= 15 is 0 Å². The van der Waals surface area contributed by atoms with Gasteiger partial charge in [0, 0.05) is 18.2 Å². The second-order valence-electron chi connectivity index (χ2n) is 3.67. The highest BCUT2D eigenvalue weighted by molar-refractivity contribution is 7.14. The first-order valence-electron chi connectivity index (χ1n) is 5.08. The van der Waals surface area contributed by atoms with Gasteiger partial charge >= 0.3 is 0 Å². The summed E-state index contributed by atoms with van der Waals surface area (Å²) in [6, 6.07) is 2.34. The molecule has 0 saturated carbocycles. The zero-order chi connectivity index (χ0) is 11.4. The topological polar surface area (TPSA) is 63.6 Å². The van der Waals surface area contributed by atoms with Gasteiger partial charge in [0.2, 0.25) is 0 Å². The maximum Gasteiger partial charge on any atom is 0.149 e. The van der Waals surface area contributed by atoms with Crippen molar-refractivity contribution in [1.82, 2.24) is 25.7 Å². The summed E-state index contributed by atoms with van der Waals surface area (Å²) in [6.07, 6.45) is 3.35. The molecule has 2 heterocycles. The molecule has 0 aliphatic carbocycles. The fraction of sp³-hybridized carbons (Fsp3) is 0.400. The first-order valence-corrected chi connectivity index (χ1v) is 5.90. The predicted molar refractivity (Wildman–Crippen MR) is 62.9 cm³/mol. The predicted octanol–water partition coefficient (Wildman–Crippen LogP) is 1.49. The molecule has 2 rings (SSSR count). The average Bonchev–Trinajstić information content (AvgIpc) is 2.76. The maximum atomic E-state index is 4.13. The molecule has 0 bridgehead atoms. The molecule has 0 atom stereocenters. The lowest BCUT2D eigenvalue weighted by molar-refractivity contribution is 0.585. The van der Waals surface area contributed by atoms with E-state index < -0.39 is 0 Å². The zero-order valence-electron chi connectivity index (χ0n) is 9.21. The van der Waals surface area contributed by atoms with Crippen molar-refractivity contribution >= 4 is 11.3 Å². The van der Waals surface area contributed by atoms with Gasteiger partial charge in [-0.3, -0.25) is 0 Å². The molecule has 2 aromatic rings. The van der Waals surface area contributed by atoms with Gasteiger partial charge in [0.05, 0.1) is 12.4 Å². The van der Waals surface area contributed by atoms with Gasteiger partial charge < -0.3 is 5.32 Å². The third-order valence-corrected chi connectivity index (χ3v) is 2.93. The molecule has 2 aromatic heterocycles. The van der Waals surface area contributed by atoms with Crippen LogP contribution in [0.3, 0.4) is 0 Å². The average molecular weight is 235 g/mol. The number of nitrogens with one attached hydrogen (secondary N) is 1. The van der Waals surface area contributed by atoms with Gasteiger partial charge in [0.15, 0.2) is 0 Å². The Labute approximate surface area is 98.0 Å². The van der Waals surface area contributed by atoms with Gasteiger partial charge in [0.25, 0.3) is 0 Å². The summed E-state index contributed by atoms with van der Waals surface area (Å²) in [5.74, 6) is 0. The van der Waals surface area contributed by atoms with Gasteiger partial charge in [-0.1, -0.05) is 25.2 Å². The first kappa shape index (κ1) is 11.1. The van der Waals surface area contributed by atoms with Crippen LogP contribution in [0.2, 0.25) is 0 Å². The molecule has 6 heteroatoms. The highest BCUT2D eigenvalue weighted by Gasteiger charge is 2.06. The van der Waals surface area contributed by atoms with Crippen LogP contribution >= 0.6 is 11.3 Å². The van der Waals surface area contributed by atoms with Crippen molar-refractivity contribution < 1.29 is 0 Å².